The first-order valence-corrected chi connectivity index (χ1v) is 4.36. The normalized spacial score (nSPS) is 12.0. The Morgan fingerprint density at radius 2 is 2.00 bits per heavy atom. The maximum atomic E-state index is 12.8. The first kappa shape index (κ1) is 9.11. The van der Waals surface area contributed by atoms with Crippen LogP contribution in [-0.2, 0) is 17.3 Å². The summed E-state index contributed by atoms with van der Waals surface area (Å²) >= 11 is 0. The molecule has 0 aliphatic heterocycles. The fourth-order valence-electron chi connectivity index (χ4n) is 0.888. The van der Waals surface area contributed by atoms with Gasteiger partial charge in [-0.25, -0.2) is 4.68 Å². The van der Waals surface area contributed by atoms with Gasteiger partial charge in [0.25, 0.3) is 0 Å². The van der Waals surface area contributed by atoms with Crippen molar-refractivity contribution >= 4 is 10.2 Å². The number of hydrogen-bond donors (Lipinski definition) is 0. The Hall–Kier alpha value is -0.980. The lowest BCUT2D eigenvalue weighted by molar-refractivity contribution is 0.477. The molecule has 12 heavy (non-hydrogen) atoms. The fraction of sp³-hybridized carbons (Fsp3) is 0.400. The van der Waals surface area contributed by atoms with Gasteiger partial charge >= 0.3 is 10.2 Å². The van der Waals surface area contributed by atoms with Gasteiger partial charge in [-0.3, -0.25) is 0 Å². The zero-order valence-corrected chi connectivity index (χ0v) is 7.19. The highest BCUT2D eigenvalue weighted by Crippen LogP contribution is 2.19. The number of nitrogens with zero attached hydrogens (tertiary/aromatic N) is 2. The van der Waals surface area contributed by atoms with Crippen molar-refractivity contribution in [1.29, 1.82) is 0 Å². The molecule has 0 atom stereocenters. The quantitative estimate of drug-likeness (QED) is 0.615. The molecule has 7 heteroatoms. The summed E-state index contributed by atoms with van der Waals surface area (Å²) in [5, 5.41) is 3.40. The molecule has 1 aromatic heterocycles. The predicted molar refractivity (Wildman–Crippen MR) is 36.2 cm³/mol. The monoisotopic (exact) mass is 196 g/mol. The second-order valence-electron chi connectivity index (χ2n) is 2.27. The lowest BCUT2D eigenvalue weighted by atomic mass is 10.5. The molecular formula is C5H6F2N2O2S. The molecule has 0 fully saturated rings. The lowest BCUT2D eigenvalue weighted by Crippen LogP contribution is -1.98. The average molecular weight is 196 g/mol. The van der Waals surface area contributed by atoms with Crippen LogP contribution in [0.4, 0.5) is 8.28 Å². The van der Waals surface area contributed by atoms with Gasteiger partial charge < -0.3 is 0 Å². The average Bonchev–Trinajstić information content (AvgIpc) is 2.05. The van der Waals surface area contributed by atoms with Gasteiger partial charge in [0.15, 0.2) is 4.90 Å². The van der Waals surface area contributed by atoms with Crippen LogP contribution >= 0.6 is 0 Å². The van der Waals surface area contributed by atoms with E-state index in [1.165, 1.54) is 14.0 Å². The van der Waals surface area contributed by atoms with E-state index in [4.69, 9.17) is 0 Å². The van der Waals surface area contributed by atoms with E-state index < -0.39 is 21.1 Å². The molecule has 0 amide bonds. The molecule has 0 spiro atoms. The third-order valence-electron chi connectivity index (χ3n) is 1.34. The van der Waals surface area contributed by atoms with Crippen LogP contribution in [0.1, 0.15) is 5.69 Å². The van der Waals surface area contributed by atoms with Gasteiger partial charge in [0, 0.05) is 7.05 Å². The van der Waals surface area contributed by atoms with E-state index in [0.29, 0.717) is 4.68 Å². The molecule has 0 aliphatic carbocycles. The van der Waals surface area contributed by atoms with Crippen molar-refractivity contribution in [1.82, 2.24) is 9.78 Å². The highest BCUT2D eigenvalue weighted by atomic mass is 32.3. The molecule has 0 N–H and O–H groups in total. The highest BCUT2D eigenvalue weighted by molar-refractivity contribution is 7.86. The van der Waals surface area contributed by atoms with Crippen LogP contribution in [0.2, 0.25) is 0 Å². The predicted octanol–water partition coefficient (Wildman–Crippen LogP) is 0.526. The zero-order chi connectivity index (χ0) is 9.52. The third-order valence-corrected chi connectivity index (χ3v) is 2.30. The Kier molecular flexibility index (Phi) is 1.91. The second kappa shape index (κ2) is 2.51. The minimum atomic E-state index is -5.00. The minimum Gasteiger partial charge on any atom is -0.241 e. The summed E-state index contributed by atoms with van der Waals surface area (Å²) in [5.41, 5.74) is -0.183. The lowest BCUT2D eigenvalue weighted by Gasteiger charge is -1.90. The van der Waals surface area contributed by atoms with Crippen LogP contribution in [0.15, 0.2) is 4.90 Å². The van der Waals surface area contributed by atoms with Crippen LogP contribution in [0.25, 0.3) is 0 Å². The largest absolute Gasteiger partial charge is 0.338 e. The van der Waals surface area contributed by atoms with E-state index >= 15 is 0 Å². The van der Waals surface area contributed by atoms with Crippen LogP contribution in [0.3, 0.4) is 0 Å². The Morgan fingerprint density at radius 3 is 2.17 bits per heavy atom. The van der Waals surface area contributed by atoms with Gasteiger partial charge in [0.05, 0.1) is 5.69 Å². The van der Waals surface area contributed by atoms with Crippen molar-refractivity contribution in [3.8, 4) is 0 Å². The Balaban J connectivity index is 3.54. The maximum Gasteiger partial charge on any atom is 0.338 e. The van der Waals surface area contributed by atoms with Crippen LogP contribution in [0, 0.1) is 12.9 Å². The van der Waals surface area contributed by atoms with Crippen molar-refractivity contribution in [3.05, 3.63) is 11.6 Å². The molecule has 0 aliphatic rings. The molecule has 68 valence electrons. The van der Waals surface area contributed by atoms with E-state index in [1.807, 2.05) is 0 Å². The molecule has 1 heterocycles. The van der Waals surface area contributed by atoms with E-state index in [9.17, 15) is 16.7 Å². The van der Waals surface area contributed by atoms with Crippen LogP contribution in [-0.4, -0.2) is 18.2 Å². The van der Waals surface area contributed by atoms with Gasteiger partial charge in [-0.2, -0.15) is 17.9 Å². The smallest absolute Gasteiger partial charge is 0.241 e. The number of aromatic nitrogens is 2. The topological polar surface area (TPSA) is 52.0 Å². The molecule has 0 saturated carbocycles. The number of hydrogen-bond acceptors (Lipinski definition) is 3. The fourth-order valence-corrected chi connectivity index (χ4v) is 1.61. The van der Waals surface area contributed by atoms with Gasteiger partial charge in [0.2, 0.25) is 5.95 Å². The molecule has 1 rings (SSSR count). The standard InChI is InChI=1S/C5H6F2N2O2S/c1-3-4(12(7,10)11)5(6)9(2)8-3/h1-2H3. The summed E-state index contributed by atoms with van der Waals surface area (Å²) in [7, 11) is -3.81. The van der Waals surface area contributed by atoms with Gasteiger partial charge in [-0.05, 0) is 6.92 Å². The maximum absolute atomic E-state index is 12.8. The Morgan fingerprint density at radius 1 is 1.50 bits per heavy atom. The second-order valence-corrected chi connectivity index (χ2v) is 3.55. The van der Waals surface area contributed by atoms with Crippen molar-refractivity contribution in [2.75, 3.05) is 0 Å². The Labute approximate surface area is 68.0 Å². The molecular weight excluding hydrogens is 190 g/mol. The highest BCUT2D eigenvalue weighted by Gasteiger charge is 2.25. The molecule has 0 radical (unpaired) electrons. The van der Waals surface area contributed by atoms with E-state index in [2.05, 4.69) is 5.10 Å². The number of halogens is 2. The Bertz CT molecular complexity index is 409. The van der Waals surface area contributed by atoms with Crippen molar-refractivity contribution in [3.63, 3.8) is 0 Å². The summed E-state index contributed by atoms with van der Waals surface area (Å²) in [6.45, 7) is 1.22. The van der Waals surface area contributed by atoms with E-state index in [0.717, 1.165) is 0 Å². The van der Waals surface area contributed by atoms with Crippen LogP contribution < -0.4 is 0 Å². The van der Waals surface area contributed by atoms with Crippen molar-refractivity contribution < 1.29 is 16.7 Å². The number of aryl methyl sites for hydroxylation is 2. The minimum absolute atomic E-state index is 0.183. The summed E-state index contributed by atoms with van der Waals surface area (Å²) in [4.78, 5) is -0.981. The molecule has 0 saturated heterocycles. The summed E-state index contributed by atoms with van der Waals surface area (Å²) in [5.74, 6) is -1.19. The van der Waals surface area contributed by atoms with E-state index in [-0.39, 0.29) is 5.69 Å². The van der Waals surface area contributed by atoms with E-state index in [1.54, 1.807) is 0 Å². The van der Waals surface area contributed by atoms with Gasteiger partial charge in [-0.15, -0.1) is 3.89 Å². The van der Waals surface area contributed by atoms with Gasteiger partial charge in [0.1, 0.15) is 0 Å². The SMILES string of the molecule is Cc1nn(C)c(F)c1S(=O)(=O)F. The molecule has 0 bridgehead atoms. The number of rotatable bonds is 1. The van der Waals surface area contributed by atoms with Crippen molar-refractivity contribution in [2.24, 2.45) is 7.05 Å². The third kappa shape index (κ3) is 1.31. The first-order valence-electron chi connectivity index (χ1n) is 2.98. The molecule has 1 aromatic rings. The summed E-state index contributed by atoms with van der Waals surface area (Å²) in [6, 6.07) is 0. The molecule has 4 nitrogen and oxygen atoms in total. The molecule has 0 aromatic carbocycles. The zero-order valence-electron chi connectivity index (χ0n) is 6.38. The van der Waals surface area contributed by atoms with Gasteiger partial charge in [-0.1, -0.05) is 0 Å². The summed E-state index contributed by atoms with van der Waals surface area (Å²) < 4.78 is 46.5. The first-order chi connectivity index (χ1) is 5.34. The molecule has 0 unspecified atom stereocenters. The summed E-state index contributed by atoms with van der Waals surface area (Å²) in [6.07, 6.45) is 0. The van der Waals surface area contributed by atoms with Crippen LogP contribution in [0.5, 0.6) is 0 Å². The van der Waals surface area contributed by atoms with Crippen molar-refractivity contribution in [2.45, 2.75) is 11.8 Å².